The van der Waals surface area contributed by atoms with Crippen molar-refractivity contribution in [2.24, 2.45) is 5.16 Å². The SMILES string of the molecule is CS(=O)(=O)O/N=C/c1ccccn1. The normalized spacial score (nSPS) is 11.8. The number of oxime groups is 1. The molecule has 5 nitrogen and oxygen atoms in total. The molecule has 0 saturated heterocycles. The zero-order chi connectivity index (χ0) is 9.73. The largest absolute Gasteiger partial charge is 0.325 e. The van der Waals surface area contributed by atoms with E-state index >= 15 is 0 Å². The lowest BCUT2D eigenvalue weighted by Crippen LogP contribution is -1.97. The van der Waals surface area contributed by atoms with Gasteiger partial charge in [0, 0.05) is 6.20 Å². The Labute approximate surface area is 76.2 Å². The molecule has 1 rings (SSSR count). The molecule has 70 valence electrons. The maximum atomic E-state index is 10.5. The molecular weight excluding hydrogens is 192 g/mol. The highest BCUT2D eigenvalue weighted by Crippen LogP contribution is 1.91. The molecule has 0 bridgehead atoms. The van der Waals surface area contributed by atoms with E-state index in [0.29, 0.717) is 5.69 Å². The van der Waals surface area contributed by atoms with E-state index in [0.717, 1.165) is 6.26 Å². The lowest BCUT2D eigenvalue weighted by atomic mass is 10.4. The lowest BCUT2D eigenvalue weighted by molar-refractivity contribution is 0.345. The molecule has 0 aliphatic rings. The molecule has 0 amide bonds. The Hall–Kier alpha value is -1.43. The first-order chi connectivity index (χ1) is 6.08. The van der Waals surface area contributed by atoms with E-state index in [9.17, 15) is 8.42 Å². The predicted octanol–water partition coefficient (Wildman–Crippen LogP) is 0.392. The Bertz CT molecular complexity index is 385. The van der Waals surface area contributed by atoms with Crippen molar-refractivity contribution < 1.29 is 12.7 Å². The van der Waals surface area contributed by atoms with Gasteiger partial charge in [0.1, 0.15) is 0 Å². The third kappa shape index (κ3) is 4.22. The summed E-state index contributed by atoms with van der Waals surface area (Å²) in [6.07, 6.45) is 3.71. The Morgan fingerprint density at radius 3 is 2.85 bits per heavy atom. The van der Waals surface area contributed by atoms with Gasteiger partial charge in [0.25, 0.3) is 0 Å². The van der Waals surface area contributed by atoms with Crippen LogP contribution in [0.5, 0.6) is 0 Å². The van der Waals surface area contributed by atoms with Crippen molar-refractivity contribution in [1.29, 1.82) is 0 Å². The second kappa shape index (κ2) is 3.99. The average Bonchev–Trinajstić information content (AvgIpc) is 2.04. The smallest absolute Gasteiger partial charge is 0.269 e. The van der Waals surface area contributed by atoms with Gasteiger partial charge in [-0.3, -0.25) is 9.27 Å². The Morgan fingerprint density at radius 1 is 1.54 bits per heavy atom. The molecule has 0 N–H and O–H groups in total. The summed E-state index contributed by atoms with van der Waals surface area (Å²) >= 11 is 0. The summed E-state index contributed by atoms with van der Waals surface area (Å²) in [7, 11) is -3.52. The van der Waals surface area contributed by atoms with Crippen LogP contribution in [0.2, 0.25) is 0 Å². The molecule has 0 spiro atoms. The molecule has 6 heteroatoms. The molecule has 0 unspecified atom stereocenters. The van der Waals surface area contributed by atoms with Crippen LogP contribution in [0, 0.1) is 0 Å². The van der Waals surface area contributed by atoms with Gasteiger partial charge in [-0.15, -0.1) is 0 Å². The van der Waals surface area contributed by atoms with Crippen LogP contribution in [0.3, 0.4) is 0 Å². The summed E-state index contributed by atoms with van der Waals surface area (Å²) in [4.78, 5) is 3.87. The number of pyridine rings is 1. The molecule has 1 heterocycles. The van der Waals surface area contributed by atoms with Gasteiger partial charge in [0.15, 0.2) is 0 Å². The topological polar surface area (TPSA) is 68.6 Å². The van der Waals surface area contributed by atoms with Gasteiger partial charge in [-0.25, -0.2) is 0 Å². The monoisotopic (exact) mass is 200 g/mol. The second-order valence-electron chi connectivity index (χ2n) is 2.27. The lowest BCUT2D eigenvalue weighted by Gasteiger charge is -1.91. The van der Waals surface area contributed by atoms with E-state index in [2.05, 4.69) is 14.4 Å². The summed E-state index contributed by atoms with van der Waals surface area (Å²) in [5, 5.41) is 3.24. The Kier molecular flexibility index (Phi) is 2.97. The average molecular weight is 200 g/mol. The van der Waals surface area contributed by atoms with Gasteiger partial charge in [-0.05, 0) is 12.1 Å². The highest BCUT2D eigenvalue weighted by atomic mass is 32.2. The molecule has 0 aliphatic heterocycles. The third-order valence-corrected chi connectivity index (χ3v) is 1.41. The molecule has 0 fully saturated rings. The van der Waals surface area contributed by atoms with E-state index < -0.39 is 10.1 Å². The summed E-state index contributed by atoms with van der Waals surface area (Å²) in [5.74, 6) is 0. The zero-order valence-corrected chi connectivity index (χ0v) is 7.73. The van der Waals surface area contributed by atoms with E-state index in [4.69, 9.17) is 0 Å². The minimum Gasteiger partial charge on any atom is -0.269 e. The number of hydrogen-bond donors (Lipinski definition) is 0. The molecule has 13 heavy (non-hydrogen) atoms. The number of rotatable bonds is 3. The summed E-state index contributed by atoms with van der Waals surface area (Å²) < 4.78 is 25.1. The molecule has 0 aromatic carbocycles. The van der Waals surface area contributed by atoms with Crippen LogP contribution in [0.4, 0.5) is 0 Å². The van der Waals surface area contributed by atoms with Crippen LogP contribution >= 0.6 is 0 Å². The fourth-order valence-corrected chi connectivity index (χ4v) is 0.805. The Morgan fingerprint density at radius 2 is 2.31 bits per heavy atom. The molecule has 1 aromatic rings. The first kappa shape index (κ1) is 9.66. The minimum absolute atomic E-state index is 0.533. The van der Waals surface area contributed by atoms with Crippen LogP contribution in [0.25, 0.3) is 0 Å². The number of hydrogen-bond acceptors (Lipinski definition) is 5. The van der Waals surface area contributed by atoms with Crippen molar-refractivity contribution in [2.45, 2.75) is 0 Å². The van der Waals surface area contributed by atoms with Crippen molar-refractivity contribution in [3.63, 3.8) is 0 Å². The molecule has 0 saturated carbocycles. The van der Waals surface area contributed by atoms with Crippen LogP contribution in [0.15, 0.2) is 29.6 Å². The van der Waals surface area contributed by atoms with Crippen molar-refractivity contribution in [2.75, 3.05) is 6.26 Å². The van der Waals surface area contributed by atoms with Crippen molar-refractivity contribution in [3.05, 3.63) is 30.1 Å². The minimum atomic E-state index is -3.52. The van der Waals surface area contributed by atoms with Crippen LogP contribution in [0.1, 0.15) is 5.69 Å². The second-order valence-corrected chi connectivity index (χ2v) is 3.83. The standard InChI is InChI=1S/C7H8N2O3S/c1-13(10,11)12-9-6-7-4-2-3-5-8-7/h2-6H,1H3/b9-6+. The van der Waals surface area contributed by atoms with Crippen LogP contribution in [-0.4, -0.2) is 25.9 Å². The van der Waals surface area contributed by atoms with Gasteiger partial charge in [0.2, 0.25) is 0 Å². The fourth-order valence-electron chi connectivity index (χ4n) is 0.606. The van der Waals surface area contributed by atoms with E-state index in [1.807, 2.05) is 0 Å². The number of aromatic nitrogens is 1. The van der Waals surface area contributed by atoms with Gasteiger partial charge in [-0.2, -0.15) is 8.42 Å². The predicted molar refractivity (Wildman–Crippen MR) is 47.8 cm³/mol. The third-order valence-electron chi connectivity index (χ3n) is 1.05. The van der Waals surface area contributed by atoms with E-state index in [-0.39, 0.29) is 0 Å². The van der Waals surface area contributed by atoms with Crippen molar-refractivity contribution >= 4 is 16.3 Å². The first-order valence-electron chi connectivity index (χ1n) is 3.41. The molecule has 0 radical (unpaired) electrons. The van der Waals surface area contributed by atoms with Gasteiger partial charge >= 0.3 is 10.1 Å². The van der Waals surface area contributed by atoms with Gasteiger partial charge in [0.05, 0.1) is 18.2 Å². The maximum Gasteiger partial charge on any atom is 0.325 e. The first-order valence-corrected chi connectivity index (χ1v) is 5.22. The molecule has 0 atom stereocenters. The maximum absolute atomic E-state index is 10.5. The van der Waals surface area contributed by atoms with Gasteiger partial charge < -0.3 is 0 Å². The van der Waals surface area contributed by atoms with Crippen molar-refractivity contribution in [1.82, 2.24) is 4.98 Å². The van der Waals surface area contributed by atoms with Gasteiger partial charge in [-0.1, -0.05) is 11.2 Å². The quantitative estimate of drug-likeness (QED) is 0.523. The van der Waals surface area contributed by atoms with Crippen LogP contribution < -0.4 is 0 Å². The van der Waals surface area contributed by atoms with Crippen LogP contribution in [-0.2, 0) is 14.4 Å². The van der Waals surface area contributed by atoms with Crippen molar-refractivity contribution in [3.8, 4) is 0 Å². The van der Waals surface area contributed by atoms with E-state index in [1.165, 1.54) is 6.21 Å². The highest BCUT2D eigenvalue weighted by Gasteiger charge is 1.97. The molecule has 0 aliphatic carbocycles. The summed E-state index contributed by atoms with van der Waals surface area (Å²) in [6, 6.07) is 5.18. The zero-order valence-electron chi connectivity index (χ0n) is 6.91. The summed E-state index contributed by atoms with van der Waals surface area (Å²) in [6.45, 7) is 0. The molecular formula is C7H8N2O3S. The highest BCUT2D eigenvalue weighted by molar-refractivity contribution is 7.85. The molecule has 1 aromatic heterocycles. The Balaban J connectivity index is 2.61. The number of nitrogens with zero attached hydrogens (tertiary/aromatic N) is 2. The summed E-state index contributed by atoms with van der Waals surface area (Å²) in [5.41, 5.74) is 0.533. The fraction of sp³-hybridized carbons (Fsp3) is 0.143. The van der Waals surface area contributed by atoms with E-state index in [1.54, 1.807) is 24.4 Å².